The Morgan fingerprint density at radius 3 is 2.35 bits per heavy atom. The van der Waals surface area contributed by atoms with E-state index in [0.717, 1.165) is 43.4 Å². The molecule has 3 heteroatoms. The first-order chi connectivity index (χ1) is 11.1. The molecule has 3 nitrogen and oxygen atoms in total. The molecule has 0 amide bonds. The predicted octanol–water partition coefficient (Wildman–Crippen LogP) is 3.71. The molecule has 4 aromatic carbocycles. The molecule has 5 rings (SSSR count). The van der Waals surface area contributed by atoms with Crippen molar-refractivity contribution in [3.63, 3.8) is 0 Å². The second-order valence-electron chi connectivity index (χ2n) is 6.18. The standard InChI is InChI=1S/C20H14O3/c21-16-7-3-10-1-4-13-12-6-8-17(22)20(23)15(12)9-11-2-5-14(16)18(10)19(11)13/h1-9,17,20-23H/t17-,20-/m1/s1. The highest BCUT2D eigenvalue weighted by molar-refractivity contribution is 6.25. The van der Waals surface area contributed by atoms with E-state index in [1.54, 1.807) is 12.1 Å². The molecule has 0 heterocycles. The monoisotopic (exact) mass is 302 g/mol. The number of fused-ring (bicyclic) bond motifs is 2. The minimum atomic E-state index is -0.912. The fourth-order valence-electron chi connectivity index (χ4n) is 3.82. The van der Waals surface area contributed by atoms with E-state index in [1.807, 2.05) is 36.4 Å². The number of phenolic OH excluding ortho intramolecular Hbond substituents is 1. The lowest BCUT2D eigenvalue weighted by Crippen LogP contribution is -2.19. The van der Waals surface area contributed by atoms with E-state index in [1.165, 1.54) is 0 Å². The highest BCUT2D eigenvalue weighted by atomic mass is 16.3. The third kappa shape index (κ3) is 1.55. The second kappa shape index (κ2) is 4.22. The summed E-state index contributed by atoms with van der Waals surface area (Å²) in [6, 6.07) is 13.5. The molecule has 0 radical (unpaired) electrons. The van der Waals surface area contributed by atoms with E-state index in [9.17, 15) is 15.3 Å². The maximum atomic E-state index is 10.3. The van der Waals surface area contributed by atoms with Gasteiger partial charge in [-0.2, -0.15) is 0 Å². The van der Waals surface area contributed by atoms with Gasteiger partial charge in [0.25, 0.3) is 0 Å². The summed E-state index contributed by atoms with van der Waals surface area (Å²) in [6.07, 6.45) is 1.71. The fourth-order valence-corrected chi connectivity index (χ4v) is 3.82. The van der Waals surface area contributed by atoms with E-state index < -0.39 is 12.2 Å². The Bertz CT molecular complexity index is 1110. The van der Waals surface area contributed by atoms with E-state index >= 15 is 0 Å². The van der Waals surface area contributed by atoms with Crippen LogP contribution in [0.15, 0.2) is 48.5 Å². The van der Waals surface area contributed by atoms with Crippen LogP contribution in [0.3, 0.4) is 0 Å². The first-order valence-electron chi connectivity index (χ1n) is 7.63. The number of aliphatic hydroxyl groups is 2. The van der Waals surface area contributed by atoms with Gasteiger partial charge in [-0.3, -0.25) is 0 Å². The van der Waals surface area contributed by atoms with Gasteiger partial charge in [0.2, 0.25) is 0 Å². The van der Waals surface area contributed by atoms with Crippen LogP contribution in [0.25, 0.3) is 38.4 Å². The molecule has 1 aliphatic rings. The molecule has 3 N–H and O–H groups in total. The second-order valence-corrected chi connectivity index (χ2v) is 6.18. The van der Waals surface area contributed by atoms with Crippen molar-refractivity contribution in [1.82, 2.24) is 0 Å². The van der Waals surface area contributed by atoms with Gasteiger partial charge >= 0.3 is 0 Å². The van der Waals surface area contributed by atoms with Crippen molar-refractivity contribution >= 4 is 38.4 Å². The molecule has 112 valence electrons. The zero-order valence-electron chi connectivity index (χ0n) is 12.2. The number of aliphatic hydroxyl groups excluding tert-OH is 2. The van der Waals surface area contributed by atoms with Crippen LogP contribution in [-0.2, 0) is 0 Å². The molecule has 4 aromatic rings. The fraction of sp³-hybridized carbons (Fsp3) is 0.100. The number of aromatic hydroxyl groups is 1. The zero-order chi connectivity index (χ0) is 15.7. The summed E-state index contributed by atoms with van der Waals surface area (Å²) in [5, 5.41) is 36.5. The molecule has 0 spiro atoms. The lowest BCUT2D eigenvalue weighted by Gasteiger charge is -2.24. The normalized spacial score (nSPS) is 20.6. The Labute approximate surface area is 132 Å². The van der Waals surface area contributed by atoms with Crippen molar-refractivity contribution in [3.05, 3.63) is 59.7 Å². The van der Waals surface area contributed by atoms with Crippen LogP contribution < -0.4 is 0 Å². The molecule has 2 atom stereocenters. The van der Waals surface area contributed by atoms with E-state index in [0.29, 0.717) is 0 Å². The SMILES string of the molecule is Oc1ccc2ccc3c4c(cc5ccc1c2c53)[C@@H](O)[C@H](O)C=C4. The van der Waals surface area contributed by atoms with E-state index in [-0.39, 0.29) is 5.75 Å². The quantitative estimate of drug-likeness (QED) is 0.434. The maximum Gasteiger partial charge on any atom is 0.123 e. The van der Waals surface area contributed by atoms with Gasteiger partial charge in [0.05, 0.1) is 0 Å². The summed E-state index contributed by atoms with van der Waals surface area (Å²) in [4.78, 5) is 0. The summed E-state index contributed by atoms with van der Waals surface area (Å²) in [6.45, 7) is 0. The predicted molar refractivity (Wildman–Crippen MR) is 91.8 cm³/mol. The van der Waals surface area contributed by atoms with Crippen molar-refractivity contribution < 1.29 is 15.3 Å². The molecule has 0 bridgehead atoms. The van der Waals surface area contributed by atoms with Gasteiger partial charge in [0, 0.05) is 10.8 Å². The Balaban J connectivity index is 2.05. The Kier molecular flexibility index (Phi) is 2.36. The largest absolute Gasteiger partial charge is 0.507 e. The molecule has 0 saturated carbocycles. The third-order valence-electron chi connectivity index (χ3n) is 4.94. The van der Waals surface area contributed by atoms with Crippen molar-refractivity contribution in [2.75, 3.05) is 0 Å². The van der Waals surface area contributed by atoms with Gasteiger partial charge in [-0.25, -0.2) is 0 Å². The van der Waals surface area contributed by atoms with Gasteiger partial charge in [0.15, 0.2) is 0 Å². The number of rotatable bonds is 0. The number of phenols is 1. The van der Waals surface area contributed by atoms with Crippen LogP contribution in [0.4, 0.5) is 0 Å². The van der Waals surface area contributed by atoms with Crippen LogP contribution in [-0.4, -0.2) is 21.4 Å². The number of benzene rings is 4. The Morgan fingerprint density at radius 1 is 0.783 bits per heavy atom. The molecule has 23 heavy (non-hydrogen) atoms. The van der Waals surface area contributed by atoms with Crippen molar-refractivity contribution in [2.24, 2.45) is 0 Å². The number of hydrogen-bond donors (Lipinski definition) is 3. The average molecular weight is 302 g/mol. The van der Waals surface area contributed by atoms with Crippen LogP contribution in [0.2, 0.25) is 0 Å². The van der Waals surface area contributed by atoms with Crippen molar-refractivity contribution in [2.45, 2.75) is 12.2 Å². The molecule has 0 unspecified atom stereocenters. The molecule has 0 fully saturated rings. The summed E-state index contributed by atoms with van der Waals surface area (Å²) >= 11 is 0. The van der Waals surface area contributed by atoms with Crippen molar-refractivity contribution in [3.8, 4) is 5.75 Å². The summed E-state index contributed by atoms with van der Waals surface area (Å²) in [7, 11) is 0. The summed E-state index contributed by atoms with van der Waals surface area (Å²) in [5.41, 5.74) is 1.68. The lowest BCUT2D eigenvalue weighted by atomic mass is 9.84. The average Bonchev–Trinajstić information content (AvgIpc) is 2.57. The zero-order valence-corrected chi connectivity index (χ0v) is 12.2. The van der Waals surface area contributed by atoms with Gasteiger partial charge in [-0.15, -0.1) is 0 Å². The van der Waals surface area contributed by atoms with Crippen LogP contribution in [0.5, 0.6) is 5.75 Å². The summed E-state index contributed by atoms with van der Waals surface area (Å²) in [5.74, 6) is 0.274. The molecular formula is C20H14O3. The van der Waals surface area contributed by atoms with Crippen molar-refractivity contribution in [1.29, 1.82) is 0 Å². The molecule has 1 aliphatic carbocycles. The Hall–Kier alpha value is -2.62. The summed E-state index contributed by atoms with van der Waals surface area (Å²) < 4.78 is 0. The van der Waals surface area contributed by atoms with Gasteiger partial charge in [0.1, 0.15) is 18.0 Å². The lowest BCUT2D eigenvalue weighted by molar-refractivity contribution is 0.0472. The minimum absolute atomic E-state index is 0.274. The highest BCUT2D eigenvalue weighted by Gasteiger charge is 2.25. The highest BCUT2D eigenvalue weighted by Crippen LogP contribution is 2.43. The topological polar surface area (TPSA) is 60.7 Å². The first kappa shape index (κ1) is 12.9. The van der Waals surface area contributed by atoms with E-state index in [4.69, 9.17) is 0 Å². The molecule has 0 saturated heterocycles. The number of hydrogen-bond acceptors (Lipinski definition) is 3. The van der Waals surface area contributed by atoms with Gasteiger partial charge in [-0.05, 0) is 44.8 Å². The van der Waals surface area contributed by atoms with E-state index in [2.05, 4.69) is 6.07 Å². The van der Waals surface area contributed by atoms with Crippen LogP contribution in [0.1, 0.15) is 17.2 Å². The molecule has 0 aliphatic heterocycles. The van der Waals surface area contributed by atoms with Gasteiger partial charge in [-0.1, -0.05) is 42.5 Å². The van der Waals surface area contributed by atoms with Gasteiger partial charge < -0.3 is 15.3 Å². The Morgan fingerprint density at radius 2 is 1.48 bits per heavy atom. The van der Waals surface area contributed by atoms with Crippen LogP contribution in [0, 0.1) is 0 Å². The molecular weight excluding hydrogens is 288 g/mol. The smallest absolute Gasteiger partial charge is 0.123 e. The van der Waals surface area contributed by atoms with Crippen LogP contribution >= 0.6 is 0 Å². The molecule has 0 aromatic heterocycles. The third-order valence-corrected chi connectivity index (χ3v) is 4.94. The minimum Gasteiger partial charge on any atom is -0.507 e. The first-order valence-corrected chi connectivity index (χ1v) is 7.63. The maximum absolute atomic E-state index is 10.3.